The largest absolute Gasteiger partial charge is 0.245 e. The number of benzene rings is 3. The molecular weight excluding hydrogens is 298 g/mol. The van der Waals surface area contributed by atoms with Crippen LogP contribution in [0.15, 0.2) is 54.0 Å². The zero-order chi connectivity index (χ0) is 15.2. The molecule has 3 aromatic carbocycles. The Morgan fingerprint density at radius 2 is 1.61 bits per heavy atom. The maximum absolute atomic E-state index is 4.51. The predicted molar refractivity (Wildman–Crippen MR) is 99.2 cm³/mol. The molecule has 1 aromatic heterocycles. The molecule has 0 bridgehead atoms. The molecule has 0 aliphatic heterocycles. The first kappa shape index (κ1) is 13.3. The Kier molecular flexibility index (Phi) is 2.98. The number of hydrogen-bond acceptors (Lipinski definition) is 2. The van der Waals surface area contributed by atoms with E-state index < -0.39 is 0 Å². The van der Waals surface area contributed by atoms with Crippen molar-refractivity contribution in [3.05, 3.63) is 65.2 Å². The average molecular weight is 315 g/mol. The molecule has 5 rings (SSSR count). The van der Waals surface area contributed by atoms with Gasteiger partial charge in [-0.2, -0.15) is 0 Å². The first-order chi connectivity index (χ1) is 11.4. The van der Waals surface area contributed by atoms with Crippen LogP contribution < -0.4 is 0 Å². The number of fused-ring (bicyclic) bond motifs is 5. The molecule has 0 radical (unpaired) electrons. The lowest BCUT2D eigenvalue weighted by Gasteiger charge is -2.19. The minimum atomic E-state index is 1.10. The Bertz CT molecular complexity index is 1020. The molecule has 0 spiro atoms. The minimum absolute atomic E-state index is 1.10. The van der Waals surface area contributed by atoms with E-state index in [9.17, 15) is 0 Å². The second-order valence-electron chi connectivity index (χ2n) is 6.31. The second-order valence-corrected chi connectivity index (χ2v) is 7.20. The molecular formula is C21H17NS. The Morgan fingerprint density at radius 3 is 2.52 bits per heavy atom. The highest BCUT2D eigenvalue weighted by Crippen LogP contribution is 2.37. The number of hydrogen-bond donors (Lipinski definition) is 0. The van der Waals surface area contributed by atoms with E-state index in [1.165, 1.54) is 52.8 Å². The van der Waals surface area contributed by atoms with Crippen molar-refractivity contribution in [3.8, 4) is 10.6 Å². The average Bonchev–Trinajstić information content (AvgIpc) is 3.15. The summed E-state index contributed by atoms with van der Waals surface area (Å²) in [6.07, 6.45) is 7.01. The van der Waals surface area contributed by atoms with Gasteiger partial charge in [0.2, 0.25) is 0 Å². The fourth-order valence-corrected chi connectivity index (χ4v) is 4.65. The molecule has 1 nitrogen and oxygen atoms in total. The van der Waals surface area contributed by atoms with Crippen molar-refractivity contribution in [2.45, 2.75) is 25.7 Å². The number of aryl methyl sites for hydroxylation is 2. The molecule has 0 saturated heterocycles. The molecule has 0 amide bonds. The van der Waals surface area contributed by atoms with Gasteiger partial charge in [0.1, 0.15) is 5.01 Å². The zero-order valence-corrected chi connectivity index (χ0v) is 13.7. The third-order valence-electron chi connectivity index (χ3n) is 5.05. The summed E-state index contributed by atoms with van der Waals surface area (Å²) in [5.41, 5.74) is 4.38. The van der Waals surface area contributed by atoms with Crippen LogP contribution in [-0.2, 0) is 12.8 Å². The quantitative estimate of drug-likeness (QED) is 0.393. The maximum Gasteiger partial charge on any atom is 0.123 e. The number of thiazole rings is 1. The molecule has 1 aliphatic rings. The van der Waals surface area contributed by atoms with Crippen molar-refractivity contribution >= 4 is 32.9 Å². The van der Waals surface area contributed by atoms with Crippen LogP contribution in [0.25, 0.3) is 32.1 Å². The summed E-state index contributed by atoms with van der Waals surface area (Å²) in [6, 6.07) is 15.9. The fourth-order valence-electron chi connectivity index (χ4n) is 3.97. The van der Waals surface area contributed by atoms with Crippen molar-refractivity contribution in [1.82, 2.24) is 4.98 Å². The molecule has 0 N–H and O–H groups in total. The highest BCUT2D eigenvalue weighted by Gasteiger charge is 2.14. The summed E-state index contributed by atoms with van der Waals surface area (Å²) in [7, 11) is 0. The summed E-state index contributed by atoms with van der Waals surface area (Å²) in [5, 5.41) is 8.65. The van der Waals surface area contributed by atoms with E-state index in [1.807, 2.05) is 11.6 Å². The minimum Gasteiger partial charge on any atom is -0.245 e. The van der Waals surface area contributed by atoms with Gasteiger partial charge in [0.05, 0.1) is 0 Å². The number of nitrogens with zero attached hydrogens (tertiary/aromatic N) is 1. The van der Waals surface area contributed by atoms with E-state index in [0.717, 1.165) is 5.01 Å². The van der Waals surface area contributed by atoms with Gasteiger partial charge in [0.15, 0.2) is 0 Å². The van der Waals surface area contributed by atoms with Crippen molar-refractivity contribution in [2.75, 3.05) is 0 Å². The molecule has 0 atom stereocenters. The summed E-state index contributed by atoms with van der Waals surface area (Å²) >= 11 is 1.71. The standard InChI is InChI=1S/C21H17NS/c1-2-5-15-14(4-1)8-9-18-16-6-3-7-20(21-22-12-13-23-21)19(16)11-10-17(15)18/h3,6-13H,1-2,4-5H2. The van der Waals surface area contributed by atoms with Crippen LogP contribution in [0.5, 0.6) is 0 Å². The van der Waals surface area contributed by atoms with E-state index in [1.54, 1.807) is 22.5 Å². The molecule has 23 heavy (non-hydrogen) atoms. The molecule has 1 aliphatic carbocycles. The van der Waals surface area contributed by atoms with Crippen molar-refractivity contribution < 1.29 is 0 Å². The Morgan fingerprint density at radius 1 is 0.783 bits per heavy atom. The first-order valence-electron chi connectivity index (χ1n) is 8.28. The van der Waals surface area contributed by atoms with Gasteiger partial charge in [-0.25, -0.2) is 4.98 Å². The van der Waals surface area contributed by atoms with Crippen LogP contribution in [0.2, 0.25) is 0 Å². The molecule has 112 valence electrons. The highest BCUT2D eigenvalue weighted by molar-refractivity contribution is 7.13. The topological polar surface area (TPSA) is 12.9 Å². The lowest BCUT2D eigenvalue weighted by Crippen LogP contribution is -2.03. The maximum atomic E-state index is 4.51. The molecule has 0 fully saturated rings. The van der Waals surface area contributed by atoms with Gasteiger partial charge < -0.3 is 0 Å². The first-order valence-corrected chi connectivity index (χ1v) is 9.16. The number of aromatic nitrogens is 1. The van der Waals surface area contributed by atoms with Crippen LogP contribution in [-0.4, -0.2) is 4.98 Å². The van der Waals surface area contributed by atoms with Crippen LogP contribution in [0, 0.1) is 0 Å². The van der Waals surface area contributed by atoms with Crippen LogP contribution in [0.1, 0.15) is 24.0 Å². The lowest BCUT2D eigenvalue weighted by atomic mass is 9.86. The van der Waals surface area contributed by atoms with Gasteiger partial charge in [-0.3, -0.25) is 0 Å². The van der Waals surface area contributed by atoms with Crippen molar-refractivity contribution in [2.24, 2.45) is 0 Å². The summed E-state index contributed by atoms with van der Waals surface area (Å²) in [6.45, 7) is 0. The molecule has 1 heterocycles. The predicted octanol–water partition coefficient (Wildman–Crippen LogP) is 6.00. The van der Waals surface area contributed by atoms with E-state index in [4.69, 9.17) is 0 Å². The molecule has 2 heteroatoms. The van der Waals surface area contributed by atoms with Gasteiger partial charge in [0.25, 0.3) is 0 Å². The zero-order valence-electron chi connectivity index (χ0n) is 12.9. The van der Waals surface area contributed by atoms with Crippen LogP contribution >= 0.6 is 11.3 Å². The van der Waals surface area contributed by atoms with Gasteiger partial charge in [-0.1, -0.05) is 42.5 Å². The molecule has 0 unspecified atom stereocenters. The third-order valence-corrected chi connectivity index (χ3v) is 5.86. The van der Waals surface area contributed by atoms with E-state index in [2.05, 4.69) is 47.4 Å². The van der Waals surface area contributed by atoms with E-state index in [-0.39, 0.29) is 0 Å². The Labute approximate surface area is 139 Å². The van der Waals surface area contributed by atoms with Gasteiger partial charge >= 0.3 is 0 Å². The normalized spacial score (nSPS) is 14.3. The van der Waals surface area contributed by atoms with E-state index in [0.29, 0.717) is 0 Å². The van der Waals surface area contributed by atoms with E-state index >= 15 is 0 Å². The molecule has 4 aromatic rings. The fraction of sp³-hybridized carbons (Fsp3) is 0.190. The van der Waals surface area contributed by atoms with Crippen molar-refractivity contribution in [1.29, 1.82) is 0 Å². The summed E-state index contributed by atoms with van der Waals surface area (Å²) in [4.78, 5) is 4.51. The van der Waals surface area contributed by atoms with Crippen LogP contribution in [0.3, 0.4) is 0 Å². The van der Waals surface area contributed by atoms with Crippen LogP contribution in [0.4, 0.5) is 0 Å². The smallest absolute Gasteiger partial charge is 0.123 e. The highest BCUT2D eigenvalue weighted by atomic mass is 32.1. The number of rotatable bonds is 1. The lowest BCUT2D eigenvalue weighted by molar-refractivity contribution is 0.690. The second kappa shape index (κ2) is 5.17. The van der Waals surface area contributed by atoms with Crippen molar-refractivity contribution in [3.63, 3.8) is 0 Å². The van der Waals surface area contributed by atoms with Gasteiger partial charge in [-0.05, 0) is 58.4 Å². The summed E-state index contributed by atoms with van der Waals surface area (Å²) < 4.78 is 0. The van der Waals surface area contributed by atoms with Gasteiger partial charge in [0, 0.05) is 17.1 Å². The SMILES string of the molecule is c1cc(-c2nccs2)c2ccc3c4c(ccc3c2c1)CCCC4. The molecule has 0 saturated carbocycles. The third kappa shape index (κ3) is 2.02. The van der Waals surface area contributed by atoms with Gasteiger partial charge in [-0.15, -0.1) is 11.3 Å². The Hall–Kier alpha value is -2.19. The summed E-state index contributed by atoms with van der Waals surface area (Å²) in [5.74, 6) is 0. The monoisotopic (exact) mass is 315 g/mol. The Balaban J connectivity index is 1.86.